The maximum absolute atomic E-state index is 13.2. The van der Waals surface area contributed by atoms with Crippen molar-refractivity contribution in [2.24, 2.45) is 0 Å². The van der Waals surface area contributed by atoms with Crippen LogP contribution in [0.5, 0.6) is 0 Å². The molecular formula is C23H26FN9O3S. The lowest BCUT2D eigenvalue weighted by Crippen LogP contribution is -2.40. The van der Waals surface area contributed by atoms with E-state index in [0.717, 1.165) is 25.0 Å². The zero-order valence-electron chi connectivity index (χ0n) is 20.1. The first-order chi connectivity index (χ1) is 17.7. The Morgan fingerprint density at radius 1 is 1.19 bits per heavy atom. The smallest absolute Gasteiger partial charge is 0.247 e. The van der Waals surface area contributed by atoms with E-state index >= 15 is 0 Å². The minimum Gasteiger partial charge on any atom is -0.329 e. The van der Waals surface area contributed by atoms with Gasteiger partial charge in [0.2, 0.25) is 27.8 Å². The highest BCUT2D eigenvalue weighted by Gasteiger charge is 2.36. The van der Waals surface area contributed by atoms with Crippen molar-refractivity contribution in [1.29, 1.82) is 0 Å². The van der Waals surface area contributed by atoms with Crippen LogP contribution in [0, 0.1) is 5.95 Å². The summed E-state index contributed by atoms with van der Waals surface area (Å²) in [5.41, 5.74) is 2.72. The Balaban J connectivity index is 1.30. The largest absolute Gasteiger partial charge is 0.329 e. The number of rotatable bonds is 7. The number of hydrogen-bond acceptors (Lipinski definition) is 9. The highest BCUT2D eigenvalue weighted by molar-refractivity contribution is 7.88. The van der Waals surface area contributed by atoms with Gasteiger partial charge in [-0.2, -0.15) is 18.8 Å². The van der Waals surface area contributed by atoms with Gasteiger partial charge in [0.05, 0.1) is 30.4 Å². The van der Waals surface area contributed by atoms with Crippen LogP contribution in [0.2, 0.25) is 0 Å². The lowest BCUT2D eigenvalue weighted by Gasteiger charge is -2.25. The third kappa shape index (κ3) is 4.85. The molecule has 12 nitrogen and oxygen atoms in total. The molecule has 0 aromatic carbocycles. The number of aromatic amines is 1. The van der Waals surface area contributed by atoms with Crippen LogP contribution < -0.4 is 15.5 Å². The molecule has 1 saturated carbocycles. The average molecular weight is 528 g/mol. The van der Waals surface area contributed by atoms with Gasteiger partial charge in [0.1, 0.15) is 11.9 Å². The van der Waals surface area contributed by atoms with Crippen molar-refractivity contribution < 1.29 is 17.6 Å². The van der Waals surface area contributed by atoms with Crippen LogP contribution in [0.25, 0.3) is 0 Å². The van der Waals surface area contributed by atoms with Crippen molar-refractivity contribution in [1.82, 2.24) is 29.5 Å². The Labute approximate surface area is 212 Å². The highest BCUT2D eigenvalue weighted by Crippen LogP contribution is 2.40. The topological polar surface area (TPSA) is 149 Å². The van der Waals surface area contributed by atoms with Gasteiger partial charge in [0.15, 0.2) is 5.82 Å². The number of amides is 1. The van der Waals surface area contributed by atoms with E-state index in [-0.39, 0.29) is 19.0 Å². The SMILES string of the molecule is CS(=O)(=O)N1Cc2nc(N3CCCC3C(=O)Nc3ccc(F)nc3)nc(Nc3cc(C4CC4)[nH]n3)c2C1. The third-order valence-corrected chi connectivity index (χ3v) is 8.08. The summed E-state index contributed by atoms with van der Waals surface area (Å²) in [6, 6.07) is 4.03. The lowest BCUT2D eigenvalue weighted by atomic mass is 10.2. The Morgan fingerprint density at radius 3 is 2.76 bits per heavy atom. The van der Waals surface area contributed by atoms with Crippen molar-refractivity contribution in [2.75, 3.05) is 28.3 Å². The van der Waals surface area contributed by atoms with Crippen LogP contribution in [0.3, 0.4) is 0 Å². The summed E-state index contributed by atoms with van der Waals surface area (Å²) in [5.74, 6) is 0.986. The monoisotopic (exact) mass is 527 g/mol. The van der Waals surface area contributed by atoms with Gasteiger partial charge in [-0.05, 0) is 37.8 Å². The van der Waals surface area contributed by atoms with E-state index in [9.17, 15) is 17.6 Å². The Hall–Kier alpha value is -3.65. The van der Waals surface area contributed by atoms with Crippen molar-refractivity contribution in [3.8, 4) is 0 Å². The molecule has 1 amide bonds. The summed E-state index contributed by atoms with van der Waals surface area (Å²) in [4.78, 5) is 27.9. The highest BCUT2D eigenvalue weighted by atomic mass is 32.2. The van der Waals surface area contributed by atoms with E-state index in [1.54, 1.807) is 0 Å². The van der Waals surface area contributed by atoms with Crippen molar-refractivity contribution >= 4 is 39.2 Å². The molecule has 2 aliphatic heterocycles. The Morgan fingerprint density at radius 2 is 2.03 bits per heavy atom. The first-order valence-electron chi connectivity index (χ1n) is 12.1. The number of halogens is 1. The molecule has 194 valence electrons. The van der Waals surface area contributed by atoms with Gasteiger partial charge in [-0.1, -0.05) is 0 Å². The number of sulfonamides is 1. The minimum absolute atomic E-state index is 0.123. The molecule has 3 aromatic rings. The number of aromatic nitrogens is 5. The van der Waals surface area contributed by atoms with E-state index in [1.807, 2.05) is 11.0 Å². The number of nitrogens with zero attached hydrogens (tertiary/aromatic N) is 6. The molecule has 1 unspecified atom stereocenters. The van der Waals surface area contributed by atoms with Gasteiger partial charge in [0, 0.05) is 36.3 Å². The molecule has 3 aliphatic rings. The predicted octanol–water partition coefficient (Wildman–Crippen LogP) is 2.24. The molecule has 3 aromatic heterocycles. The summed E-state index contributed by atoms with van der Waals surface area (Å²) < 4.78 is 39.1. The van der Waals surface area contributed by atoms with E-state index in [4.69, 9.17) is 9.97 Å². The van der Waals surface area contributed by atoms with E-state index in [2.05, 4.69) is 25.8 Å². The molecule has 14 heteroatoms. The minimum atomic E-state index is -3.45. The molecule has 0 radical (unpaired) electrons. The summed E-state index contributed by atoms with van der Waals surface area (Å²) in [6.45, 7) is 0.832. The second kappa shape index (κ2) is 9.03. The van der Waals surface area contributed by atoms with Crippen LogP contribution in [0.1, 0.15) is 48.6 Å². The summed E-state index contributed by atoms with van der Waals surface area (Å²) in [6.07, 6.45) is 6.03. The maximum atomic E-state index is 13.2. The van der Waals surface area contributed by atoms with Crippen molar-refractivity contribution in [3.63, 3.8) is 0 Å². The molecule has 1 atom stereocenters. The summed E-state index contributed by atoms with van der Waals surface area (Å²) >= 11 is 0. The van der Waals surface area contributed by atoms with Crippen molar-refractivity contribution in [3.05, 3.63) is 47.3 Å². The van der Waals surface area contributed by atoms with Gasteiger partial charge >= 0.3 is 0 Å². The molecule has 6 rings (SSSR count). The second-order valence-corrected chi connectivity index (χ2v) is 11.6. The number of carbonyl (C=O) groups excluding carboxylic acids is 1. The first-order valence-corrected chi connectivity index (χ1v) is 14.0. The molecular weight excluding hydrogens is 501 g/mol. The molecule has 0 bridgehead atoms. The van der Waals surface area contributed by atoms with Crippen LogP contribution in [0.15, 0.2) is 24.4 Å². The molecule has 5 heterocycles. The third-order valence-electron chi connectivity index (χ3n) is 6.88. The number of H-pyrrole nitrogens is 1. The zero-order chi connectivity index (χ0) is 25.7. The molecule has 2 fully saturated rings. The van der Waals surface area contributed by atoms with Gasteiger partial charge in [0.25, 0.3) is 0 Å². The van der Waals surface area contributed by atoms with Crippen LogP contribution >= 0.6 is 0 Å². The first kappa shape index (κ1) is 23.7. The molecule has 37 heavy (non-hydrogen) atoms. The molecule has 0 spiro atoms. The molecule has 1 aliphatic carbocycles. The van der Waals surface area contributed by atoms with Gasteiger partial charge in [-0.25, -0.2) is 18.4 Å². The van der Waals surface area contributed by atoms with Crippen molar-refractivity contribution in [2.45, 2.75) is 50.7 Å². The van der Waals surface area contributed by atoms with E-state index in [1.165, 1.54) is 28.9 Å². The van der Waals surface area contributed by atoms with Crippen LogP contribution in [-0.2, 0) is 27.9 Å². The van der Waals surface area contributed by atoms with Crippen LogP contribution in [-0.4, -0.2) is 62.6 Å². The van der Waals surface area contributed by atoms with E-state index < -0.39 is 22.0 Å². The average Bonchev–Trinajstić information content (AvgIpc) is 3.24. The zero-order valence-corrected chi connectivity index (χ0v) is 20.9. The normalized spacial score (nSPS) is 19.7. The van der Waals surface area contributed by atoms with Gasteiger partial charge < -0.3 is 15.5 Å². The number of anilines is 4. The van der Waals surface area contributed by atoms with Gasteiger partial charge in [-0.3, -0.25) is 9.89 Å². The summed E-state index contributed by atoms with van der Waals surface area (Å²) in [5, 5.41) is 13.4. The number of carbonyl (C=O) groups is 1. The number of hydrogen-bond donors (Lipinski definition) is 3. The fourth-order valence-corrected chi connectivity index (χ4v) is 5.48. The molecule has 1 saturated heterocycles. The fraction of sp³-hybridized carbons (Fsp3) is 0.435. The summed E-state index contributed by atoms with van der Waals surface area (Å²) in [7, 11) is -3.45. The predicted molar refractivity (Wildman–Crippen MR) is 133 cm³/mol. The number of pyridine rings is 1. The van der Waals surface area contributed by atoms with Crippen LogP contribution in [0.4, 0.5) is 27.7 Å². The van der Waals surface area contributed by atoms with E-state index in [0.29, 0.717) is 53.4 Å². The van der Waals surface area contributed by atoms with Gasteiger partial charge in [-0.15, -0.1) is 0 Å². The quantitative estimate of drug-likeness (QED) is 0.393. The Kier molecular flexibility index (Phi) is 5.79. The lowest BCUT2D eigenvalue weighted by molar-refractivity contribution is -0.117. The Bertz CT molecular complexity index is 1460. The maximum Gasteiger partial charge on any atom is 0.247 e. The molecule has 3 N–H and O–H groups in total. The number of nitrogens with one attached hydrogen (secondary N) is 3. The second-order valence-electron chi connectivity index (χ2n) is 9.65. The fourth-order valence-electron chi connectivity index (χ4n) is 4.76. The standard InChI is InChI=1S/C23H26FN9O3S/c1-37(35,36)32-11-15-17(12-32)27-23(29-21(15)28-20-9-16(30-31-20)13-4-5-13)33-8-2-3-18(33)22(34)26-14-6-7-19(24)25-10-14/h6-7,9-10,13,18H,2-5,8,11-12H2,1H3,(H,26,34)(H2,27,28,29,30,31). The number of fused-ring (bicyclic) bond motifs is 1.